The molecule has 1 rings (SSSR count). The van der Waals surface area contributed by atoms with Crippen molar-refractivity contribution in [3.8, 4) is 0 Å². The highest BCUT2D eigenvalue weighted by Crippen LogP contribution is 2.34. The highest BCUT2D eigenvalue weighted by atomic mass is 35.5. The van der Waals surface area contributed by atoms with Crippen molar-refractivity contribution in [3.05, 3.63) is 16.0 Å². The number of hydrogen-bond donors (Lipinski definition) is 2. The molecule has 1 heterocycles. The van der Waals surface area contributed by atoms with E-state index in [1.54, 1.807) is 6.92 Å². The fourth-order valence-electron chi connectivity index (χ4n) is 2.06. The number of ether oxygens (including phenoxy) is 1. The molecule has 7 heteroatoms. The minimum atomic E-state index is -0.374. The summed E-state index contributed by atoms with van der Waals surface area (Å²) in [5.74, 6) is -0.497. The first kappa shape index (κ1) is 20.9. The summed E-state index contributed by atoms with van der Waals surface area (Å²) >= 11 is 1.42. The van der Waals surface area contributed by atoms with Gasteiger partial charge in [0.05, 0.1) is 12.2 Å². The summed E-state index contributed by atoms with van der Waals surface area (Å²) in [4.78, 5) is 25.1. The molecule has 126 valence electrons. The van der Waals surface area contributed by atoms with Crippen LogP contribution in [0.5, 0.6) is 0 Å². The molecule has 1 amide bonds. The molecule has 0 saturated carbocycles. The number of aryl methyl sites for hydroxylation is 1. The van der Waals surface area contributed by atoms with Gasteiger partial charge in [0.1, 0.15) is 5.00 Å². The Morgan fingerprint density at radius 1 is 1.36 bits per heavy atom. The molecule has 5 nitrogen and oxygen atoms in total. The lowest BCUT2D eigenvalue weighted by Gasteiger charge is -2.08. The van der Waals surface area contributed by atoms with Crippen LogP contribution >= 0.6 is 23.7 Å². The van der Waals surface area contributed by atoms with Gasteiger partial charge in [-0.25, -0.2) is 4.79 Å². The molecular formula is C15H25ClN2O3S. The molecular weight excluding hydrogens is 324 g/mol. The molecule has 0 aromatic carbocycles. The lowest BCUT2D eigenvalue weighted by Crippen LogP contribution is -2.20. The molecule has 0 fully saturated rings. The number of hydrogen-bond acceptors (Lipinski definition) is 5. The van der Waals surface area contributed by atoms with Crippen molar-refractivity contribution < 1.29 is 14.3 Å². The second kappa shape index (κ2) is 9.82. The van der Waals surface area contributed by atoms with Crippen LogP contribution in [-0.2, 0) is 16.0 Å². The van der Waals surface area contributed by atoms with Gasteiger partial charge in [-0.1, -0.05) is 6.92 Å². The van der Waals surface area contributed by atoms with E-state index >= 15 is 0 Å². The minimum absolute atomic E-state index is 0. The number of rotatable bonds is 7. The van der Waals surface area contributed by atoms with Gasteiger partial charge in [0.2, 0.25) is 5.91 Å². The van der Waals surface area contributed by atoms with Crippen LogP contribution in [0.2, 0.25) is 0 Å². The maximum Gasteiger partial charge on any atom is 0.341 e. The summed E-state index contributed by atoms with van der Waals surface area (Å²) in [5, 5.41) is 3.40. The predicted molar refractivity (Wildman–Crippen MR) is 93.2 cm³/mol. The average molecular weight is 349 g/mol. The van der Waals surface area contributed by atoms with Crippen molar-refractivity contribution in [2.45, 2.75) is 53.0 Å². The van der Waals surface area contributed by atoms with E-state index in [0.29, 0.717) is 30.0 Å². The Hall–Kier alpha value is -1.11. The fraction of sp³-hybridized carbons (Fsp3) is 0.600. The third-order valence-corrected chi connectivity index (χ3v) is 4.18. The number of nitrogens with two attached hydrogens (primary N) is 1. The third kappa shape index (κ3) is 5.59. The predicted octanol–water partition coefficient (Wildman–Crippen LogP) is 3.28. The van der Waals surface area contributed by atoms with E-state index in [4.69, 9.17) is 10.5 Å². The smallest absolute Gasteiger partial charge is 0.341 e. The van der Waals surface area contributed by atoms with E-state index in [2.05, 4.69) is 5.32 Å². The van der Waals surface area contributed by atoms with Gasteiger partial charge in [-0.05, 0) is 39.2 Å². The van der Waals surface area contributed by atoms with Gasteiger partial charge in [0.15, 0.2) is 0 Å². The maximum absolute atomic E-state index is 12.1. The van der Waals surface area contributed by atoms with E-state index in [1.165, 1.54) is 11.3 Å². The van der Waals surface area contributed by atoms with E-state index < -0.39 is 0 Å². The summed E-state index contributed by atoms with van der Waals surface area (Å²) < 4.78 is 5.10. The molecule has 0 radical (unpaired) electrons. The van der Waals surface area contributed by atoms with Crippen LogP contribution < -0.4 is 11.1 Å². The number of halogens is 1. The first-order valence-electron chi connectivity index (χ1n) is 7.25. The van der Waals surface area contributed by atoms with Gasteiger partial charge < -0.3 is 15.8 Å². The third-order valence-electron chi connectivity index (χ3n) is 3.12. The van der Waals surface area contributed by atoms with Gasteiger partial charge >= 0.3 is 5.97 Å². The molecule has 1 aromatic rings. The Balaban J connectivity index is 0.00000441. The van der Waals surface area contributed by atoms with Gasteiger partial charge in [-0.2, -0.15) is 0 Å². The molecule has 1 atom stereocenters. The summed E-state index contributed by atoms with van der Waals surface area (Å²) in [6.07, 6.45) is 1.69. The van der Waals surface area contributed by atoms with Crippen LogP contribution in [0.15, 0.2) is 0 Å². The maximum atomic E-state index is 12.1. The fourth-order valence-corrected chi connectivity index (χ4v) is 3.21. The first-order chi connectivity index (χ1) is 9.90. The highest BCUT2D eigenvalue weighted by molar-refractivity contribution is 7.16. The van der Waals surface area contributed by atoms with Gasteiger partial charge in [0, 0.05) is 17.3 Å². The van der Waals surface area contributed by atoms with Crippen LogP contribution in [0.1, 0.15) is 54.4 Å². The van der Waals surface area contributed by atoms with Gasteiger partial charge in [-0.3, -0.25) is 4.79 Å². The number of carbonyl (C=O) groups excluding carboxylic acids is 2. The molecule has 22 heavy (non-hydrogen) atoms. The van der Waals surface area contributed by atoms with Crippen LogP contribution in [-0.4, -0.2) is 24.5 Å². The van der Waals surface area contributed by atoms with Crippen LogP contribution in [0.4, 0.5) is 5.00 Å². The SMILES string of the molecule is CCOC(=O)c1c(NC(=O)CCC(C)N)sc(C)c1CC.Cl. The normalized spacial score (nSPS) is 11.5. The molecule has 3 N–H and O–H groups in total. The molecule has 1 aromatic heterocycles. The largest absolute Gasteiger partial charge is 0.462 e. The summed E-state index contributed by atoms with van der Waals surface area (Å²) in [6, 6.07) is -0.0171. The molecule has 0 bridgehead atoms. The lowest BCUT2D eigenvalue weighted by molar-refractivity contribution is -0.116. The number of anilines is 1. The topological polar surface area (TPSA) is 81.4 Å². The van der Waals surface area contributed by atoms with Crippen molar-refractivity contribution in [2.75, 3.05) is 11.9 Å². The van der Waals surface area contributed by atoms with Crippen molar-refractivity contribution in [1.82, 2.24) is 0 Å². The van der Waals surface area contributed by atoms with E-state index in [1.807, 2.05) is 20.8 Å². The lowest BCUT2D eigenvalue weighted by atomic mass is 10.1. The number of amides is 1. The summed E-state index contributed by atoms with van der Waals surface area (Å²) in [5.41, 5.74) is 7.09. The zero-order chi connectivity index (χ0) is 16.0. The molecule has 0 spiro atoms. The molecule has 1 unspecified atom stereocenters. The minimum Gasteiger partial charge on any atom is -0.462 e. The second-order valence-electron chi connectivity index (χ2n) is 4.98. The zero-order valence-corrected chi connectivity index (χ0v) is 15.2. The second-order valence-corrected chi connectivity index (χ2v) is 6.20. The first-order valence-corrected chi connectivity index (χ1v) is 8.07. The van der Waals surface area contributed by atoms with E-state index in [0.717, 1.165) is 16.9 Å². The van der Waals surface area contributed by atoms with E-state index in [-0.39, 0.29) is 30.3 Å². The van der Waals surface area contributed by atoms with Crippen LogP contribution in [0.3, 0.4) is 0 Å². The Kier molecular flexibility index (Phi) is 9.32. The Bertz CT molecular complexity index is 515. The number of esters is 1. The molecule has 0 aliphatic carbocycles. The average Bonchev–Trinajstić information content (AvgIpc) is 2.72. The molecule has 0 aliphatic rings. The van der Waals surface area contributed by atoms with Crippen molar-refractivity contribution in [3.63, 3.8) is 0 Å². The van der Waals surface area contributed by atoms with Crippen molar-refractivity contribution in [1.29, 1.82) is 0 Å². The molecule has 0 saturated heterocycles. The number of carbonyl (C=O) groups is 2. The summed E-state index contributed by atoms with van der Waals surface area (Å²) in [6.45, 7) is 7.88. The monoisotopic (exact) mass is 348 g/mol. The Morgan fingerprint density at radius 2 is 2.00 bits per heavy atom. The molecule has 0 aliphatic heterocycles. The van der Waals surface area contributed by atoms with Crippen LogP contribution in [0, 0.1) is 6.92 Å². The van der Waals surface area contributed by atoms with Gasteiger partial charge in [0.25, 0.3) is 0 Å². The van der Waals surface area contributed by atoms with Crippen molar-refractivity contribution >= 4 is 40.6 Å². The van der Waals surface area contributed by atoms with E-state index in [9.17, 15) is 9.59 Å². The van der Waals surface area contributed by atoms with Crippen molar-refractivity contribution in [2.24, 2.45) is 5.73 Å². The number of thiophene rings is 1. The van der Waals surface area contributed by atoms with Crippen LogP contribution in [0.25, 0.3) is 0 Å². The summed E-state index contributed by atoms with van der Waals surface area (Å²) in [7, 11) is 0. The standard InChI is InChI=1S/C15H24N2O3S.ClH/c1-5-11-10(4)21-14(13(11)15(19)20-6-2)17-12(18)8-7-9(3)16;/h9H,5-8,16H2,1-4H3,(H,17,18);1H. The Labute approximate surface area is 142 Å². The number of nitrogens with one attached hydrogen (secondary N) is 1. The Morgan fingerprint density at radius 3 is 2.50 bits per heavy atom. The zero-order valence-electron chi connectivity index (χ0n) is 13.5. The highest BCUT2D eigenvalue weighted by Gasteiger charge is 2.23. The quantitative estimate of drug-likeness (QED) is 0.741. The van der Waals surface area contributed by atoms with Gasteiger partial charge in [-0.15, -0.1) is 23.7 Å².